The van der Waals surface area contributed by atoms with Crippen molar-refractivity contribution < 1.29 is 4.74 Å². The van der Waals surface area contributed by atoms with E-state index in [1.807, 2.05) is 0 Å². The second-order valence-electron chi connectivity index (χ2n) is 12.4. The summed E-state index contributed by atoms with van der Waals surface area (Å²) in [5.41, 5.74) is 2.11. The van der Waals surface area contributed by atoms with E-state index in [-0.39, 0.29) is 0 Å². The number of morpholine rings is 1. The Morgan fingerprint density at radius 1 is 0.605 bits per heavy atom. The fourth-order valence-electron chi connectivity index (χ4n) is 8.95. The van der Waals surface area contributed by atoms with Crippen LogP contribution in [0.15, 0.2) is 60.7 Å². The highest BCUT2D eigenvalue weighted by Crippen LogP contribution is 2.56. The monoisotopic (exact) mass is 506 g/mol. The van der Waals surface area contributed by atoms with E-state index >= 15 is 0 Å². The Hall–Kier alpha value is -2.63. The van der Waals surface area contributed by atoms with Crippen molar-refractivity contribution in [3.8, 4) is 22.8 Å². The summed E-state index contributed by atoms with van der Waals surface area (Å²) in [6.07, 6.45) is 13.8. The SMILES string of the molecule is c1ccc(-c2nc(-c3ccccc3)nc(C3CC4OC5CCCCC5N5C6CCCCC6C(C3)C45)n2)cc1. The molecule has 5 nitrogen and oxygen atoms in total. The standard InChI is InChI=1S/C33H38N4O/c1-3-11-21(12-4-1)31-34-32(22-13-5-2-6-14-22)36-33(35-31)23-19-25-24-15-7-8-16-26(24)37-27-17-9-10-18-28(27)38-29(20-23)30(25)37/h1-6,11-14,23-30H,7-10,15-20H2. The Morgan fingerprint density at radius 3 is 1.95 bits per heavy atom. The number of hydrogen-bond donors (Lipinski definition) is 0. The normalized spacial score (nSPS) is 36.2. The average Bonchev–Trinajstić information content (AvgIpc) is 3.33. The molecule has 5 heteroatoms. The van der Waals surface area contributed by atoms with Gasteiger partial charge in [-0.15, -0.1) is 0 Å². The summed E-state index contributed by atoms with van der Waals surface area (Å²) in [5.74, 6) is 4.37. The largest absolute Gasteiger partial charge is 0.372 e. The molecule has 5 fully saturated rings. The quantitative estimate of drug-likeness (QED) is 0.398. The zero-order valence-electron chi connectivity index (χ0n) is 22.2. The van der Waals surface area contributed by atoms with Crippen LogP contribution in [0.25, 0.3) is 22.8 Å². The van der Waals surface area contributed by atoms with Gasteiger partial charge in [-0.25, -0.2) is 15.0 Å². The predicted octanol–water partition coefficient (Wildman–Crippen LogP) is 6.65. The highest BCUT2D eigenvalue weighted by Gasteiger charge is 2.60. The molecule has 2 aliphatic heterocycles. The van der Waals surface area contributed by atoms with Gasteiger partial charge in [-0.3, -0.25) is 4.90 Å². The summed E-state index contributed by atoms with van der Waals surface area (Å²) < 4.78 is 7.05. The maximum atomic E-state index is 7.05. The molecule has 0 amide bonds. The van der Waals surface area contributed by atoms with Gasteiger partial charge in [0.15, 0.2) is 11.6 Å². The average molecular weight is 507 g/mol. The van der Waals surface area contributed by atoms with Gasteiger partial charge in [-0.05, 0) is 50.4 Å². The number of fused-ring (bicyclic) bond motifs is 5. The first-order valence-corrected chi connectivity index (χ1v) is 15.1. The molecule has 3 saturated carbocycles. The second-order valence-corrected chi connectivity index (χ2v) is 12.4. The van der Waals surface area contributed by atoms with Crippen molar-refractivity contribution in [3.05, 3.63) is 66.5 Å². The Bertz CT molecular complexity index is 1220. The van der Waals surface area contributed by atoms with Crippen molar-refractivity contribution in [3.63, 3.8) is 0 Å². The summed E-state index contributed by atoms with van der Waals surface area (Å²) >= 11 is 0. The van der Waals surface area contributed by atoms with Crippen LogP contribution in [0.5, 0.6) is 0 Å². The number of aromatic nitrogens is 3. The Labute approximate surface area is 226 Å². The third-order valence-electron chi connectivity index (χ3n) is 10.4. The third kappa shape index (κ3) is 3.84. The van der Waals surface area contributed by atoms with Crippen molar-refractivity contribution in [2.45, 2.75) is 100 Å². The fraction of sp³-hybridized carbons (Fsp3) is 0.545. The lowest BCUT2D eigenvalue weighted by atomic mass is 9.69. The molecule has 3 aliphatic carbocycles. The Balaban J connectivity index is 1.19. The lowest BCUT2D eigenvalue weighted by Gasteiger charge is -2.54. The van der Waals surface area contributed by atoms with Gasteiger partial charge in [0, 0.05) is 35.2 Å². The molecule has 1 aromatic heterocycles. The van der Waals surface area contributed by atoms with Crippen molar-refractivity contribution >= 4 is 0 Å². The minimum absolute atomic E-state index is 0.306. The minimum Gasteiger partial charge on any atom is -0.372 e. The first kappa shape index (κ1) is 23.3. The lowest BCUT2D eigenvalue weighted by molar-refractivity contribution is -0.179. The van der Waals surface area contributed by atoms with Crippen LogP contribution in [0.4, 0.5) is 0 Å². The molecule has 8 unspecified atom stereocenters. The molecule has 5 aliphatic rings. The molecule has 8 atom stereocenters. The van der Waals surface area contributed by atoms with Crippen LogP contribution in [0.3, 0.4) is 0 Å². The molecule has 3 aromatic rings. The lowest BCUT2D eigenvalue weighted by Crippen LogP contribution is -2.63. The van der Waals surface area contributed by atoms with Crippen molar-refractivity contribution in [2.75, 3.05) is 0 Å². The molecule has 3 heterocycles. The first-order chi connectivity index (χ1) is 18.8. The summed E-state index contributed by atoms with van der Waals surface area (Å²) in [6, 6.07) is 22.8. The van der Waals surface area contributed by atoms with E-state index in [0.29, 0.717) is 36.1 Å². The van der Waals surface area contributed by atoms with Crippen LogP contribution in [-0.4, -0.2) is 50.2 Å². The highest BCUT2D eigenvalue weighted by molar-refractivity contribution is 5.60. The maximum absolute atomic E-state index is 7.05. The molecule has 0 bridgehead atoms. The number of nitrogens with zero attached hydrogens (tertiary/aromatic N) is 4. The van der Waals surface area contributed by atoms with Gasteiger partial charge < -0.3 is 4.74 Å². The van der Waals surface area contributed by atoms with Gasteiger partial charge in [0.1, 0.15) is 5.82 Å². The van der Waals surface area contributed by atoms with E-state index in [2.05, 4.69) is 65.6 Å². The number of hydrogen-bond acceptors (Lipinski definition) is 5. The molecule has 0 radical (unpaired) electrons. The van der Waals surface area contributed by atoms with Gasteiger partial charge in [-0.1, -0.05) is 86.3 Å². The molecule has 0 N–H and O–H groups in total. The van der Waals surface area contributed by atoms with Gasteiger partial charge in [-0.2, -0.15) is 0 Å². The van der Waals surface area contributed by atoms with E-state index in [1.54, 1.807) is 0 Å². The molecule has 8 rings (SSSR count). The van der Waals surface area contributed by atoms with E-state index in [0.717, 1.165) is 47.0 Å². The highest BCUT2D eigenvalue weighted by atomic mass is 16.5. The molecule has 2 aromatic carbocycles. The topological polar surface area (TPSA) is 51.1 Å². The van der Waals surface area contributed by atoms with Crippen molar-refractivity contribution in [1.29, 1.82) is 0 Å². The van der Waals surface area contributed by atoms with Crippen molar-refractivity contribution in [2.24, 2.45) is 11.8 Å². The van der Waals surface area contributed by atoms with Crippen LogP contribution in [0.2, 0.25) is 0 Å². The van der Waals surface area contributed by atoms with Crippen LogP contribution in [0, 0.1) is 11.8 Å². The van der Waals surface area contributed by atoms with Gasteiger partial charge in [0.2, 0.25) is 0 Å². The van der Waals surface area contributed by atoms with E-state index in [4.69, 9.17) is 19.7 Å². The van der Waals surface area contributed by atoms with E-state index < -0.39 is 0 Å². The maximum Gasteiger partial charge on any atom is 0.163 e. The van der Waals surface area contributed by atoms with E-state index in [1.165, 1.54) is 57.8 Å². The van der Waals surface area contributed by atoms with Crippen LogP contribution in [-0.2, 0) is 4.74 Å². The first-order valence-electron chi connectivity index (χ1n) is 15.1. The molecule has 196 valence electrons. The van der Waals surface area contributed by atoms with Crippen LogP contribution >= 0.6 is 0 Å². The molecule has 38 heavy (non-hydrogen) atoms. The predicted molar refractivity (Wildman–Crippen MR) is 148 cm³/mol. The summed E-state index contributed by atoms with van der Waals surface area (Å²) in [7, 11) is 0. The third-order valence-corrected chi connectivity index (χ3v) is 10.4. The zero-order chi connectivity index (χ0) is 25.1. The Kier molecular flexibility index (Phi) is 5.84. The smallest absolute Gasteiger partial charge is 0.163 e. The van der Waals surface area contributed by atoms with Gasteiger partial charge in [0.25, 0.3) is 0 Å². The summed E-state index contributed by atoms with van der Waals surface area (Å²) in [4.78, 5) is 18.3. The molecule has 0 spiro atoms. The van der Waals surface area contributed by atoms with Crippen molar-refractivity contribution in [1.82, 2.24) is 19.9 Å². The molecular formula is C33H38N4O. The zero-order valence-corrected chi connectivity index (χ0v) is 22.2. The number of ether oxygens (including phenoxy) is 1. The van der Waals surface area contributed by atoms with E-state index in [9.17, 15) is 0 Å². The number of benzene rings is 2. The van der Waals surface area contributed by atoms with Gasteiger partial charge >= 0.3 is 0 Å². The van der Waals surface area contributed by atoms with Crippen LogP contribution in [0.1, 0.15) is 76.0 Å². The summed E-state index contributed by atoms with van der Waals surface area (Å²) in [5, 5.41) is 0. The minimum atomic E-state index is 0.306. The molecule has 2 saturated heterocycles. The summed E-state index contributed by atoms with van der Waals surface area (Å²) in [6.45, 7) is 0. The van der Waals surface area contributed by atoms with Crippen LogP contribution < -0.4 is 0 Å². The number of rotatable bonds is 3. The molecular weight excluding hydrogens is 468 g/mol. The fourth-order valence-corrected chi connectivity index (χ4v) is 8.95. The second kappa shape index (κ2) is 9.53. The Morgan fingerprint density at radius 2 is 1.24 bits per heavy atom. The van der Waals surface area contributed by atoms with Gasteiger partial charge in [0.05, 0.1) is 12.2 Å².